The van der Waals surface area contributed by atoms with Crippen LogP contribution >= 0.6 is 0 Å². The Balaban J connectivity index is 2.21. The van der Waals surface area contributed by atoms with Crippen LogP contribution in [-0.4, -0.2) is 35.1 Å². The molecule has 31 heavy (non-hydrogen) atoms. The van der Waals surface area contributed by atoms with Crippen molar-refractivity contribution in [3.63, 3.8) is 0 Å². The topological polar surface area (TPSA) is 77.8 Å². The Morgan fingerprint density at radius 3 is 1.87 bits per heavy atom. The molecule has 0 heterocycles. The molecule has 0 aromatic heterocycles. The maximum atomic E-state index is 12.9. The highest BCUT2D eigenvalue weighted by Gasteiger charge is 2.20. The average molecular weight is 426 g/mol. The van der Waals surface area contributed by atoms with E-state index in [1.807, 2.05) is 6.07 Å². The van der Waals surface area contributed by atoms with Gasteiger partial charge in [-0.1, -0.05) is 70.6 Å². The Hall–Kier alpha value is -2.82. The number of phenolic OH excluding ortho intramolecular Hbond substituents is 1. The molecule has 2 N–H and O–H groups in total. The number of hydrogen-bond donors (Lipinski definition) is 2. The molecule has 168 valence electrons. The summed E-state index contributed by atoms with van der Waals surface area (Å²) in [7, 11) is 0. The van der Waals surface area contributed by atoms with Gasteiger partial charge in [-0.15, -0.1) is 0 Å². The van der Waals surface area contributed by atoms with Gasteiger partial charge in [-0.05, 0) is 31.0 Å². The van der Waals surface area contributed by atoms with E-state index in [9.17, 15) is 19.8 Å². The molecule has 2 aromatic carbocycles. The summed E-state index contributed by atoms with van der Waals surface area (Å²) in [6.45, 7) is 6.22. The van der Waals surface area contributed by atoms with Crippen molar-refractivity contribution in [1.29, 1.82) is 0 Å². The minimum Gasteiger partial charge on any atom is -0.507 e. The summed E-state index contributed by atoms with van der Waals surface area (Å²) in [5, 5.41) is 20.0. The Morgan fingerprint density at radius 1 is 0.774 bits per heavy atom. The average Bonchev–Trinajstić information content (AvgIpc) is 2.77. The Labute approximate surface area is 185 Å². The molecule has 0 aliphatic carbocycles. The normalized spacial score (nSPS) is 10.8. The number of carboxylic acids is 1. The van der Waals surface area contributed by atoms with Gasteiger partial charge in [0.2, 0.25) is 0 Å². The Kier molecular flexibility index (Phi) is 10.1. The lowest BCUT2D eigenvalue weighted by molar-refractivity contribution is 0.0692. The van der Waals surface area contributed by atoms with Gasteiger partial charge in [0, 0.05) is 30.4 Å². The third kappa shape index (κ3) is 7.12. The van der Waals surface area contributed by atoms with Crippen LogP contribution in [0.3, 0.4) is 0 Å². The molecule has 0 fully saturated rings. The standard InChI is InChI=1S/C26H35NO4/c1-3-5-7-11-17-27(18-12-8-6-4-2)20-15-16-23(24(28)19-20)25(29)21-13-9-10-14-22(21)26(30)31/h9-10,13-16,19,28H,3-8,11-12,17-18H2,1-2H3,(H,30,31). The quantitative estimate of drug-likeness (QED) is 0.275. The molecule has 5 heteroatoms. The van der Waals surface area contributed by atoms with Crippen molar-refractivity contribution >= 4 is 17.4 Å². The molecular weight excluding hydrogens is 390 g/mol. The Morgan fingerprint density at radius 2 is 1.35 bits per heavy atom. The summed E-state index contributed by atoms with van der Waals surface area (Å²) in [4.78, 5) is 26.7. The molecule has 0 spiro atoms. The summed E-state index contributed by atoms with van der Waals surface area (Å²) < 4.78 is 0. The summed E-state index contributed by atoms with van der Waals surface area (Å²) in [6.07, 6.45) is 9.34. The number of rotatable bonds is 14. The minimum atomic E-state index is -1.16. The van der Waals surface area contributed by atoms with Gasteiger partial charge in [0.1, 0.15) is 5.75 Å². The van der Waals surface area contributed by atoms with Crippen LogP contribution in [0.1, 0.15) is 91.5 Å². The zero-order valence-corrected chi connectivity index (χ0v) is 18.8. The van der Waals surface area contributed by atoms with Crippen LogP contribution in [0.4, 0.5) is 5.69 Å². The lowest BCUT2D eigenvalue weighted by Gasteiger charge is -2.25. The maximum Gasteiger partial charge on any atom is 0.336 e. The van der Waals surface area contributed by atoms with E-state index in [1.54, 1.807) is 24.3 Å². The van der Waals surface area contributed by atoms with E-state index in [0.29, 0.717) is 0 Å². The van der Waals surface area contributed by atoms with Crippen molar-refractivity contribution in [3.8, 4) is 5.75 Å². The van der Waals surface area contributed by atoms with Gasteiger partial charge in [0.15, 0.2) is 5.78 Å². The molecule has 0 amide bonds. The van der Waals surface area contributed by atoms with Gasteiger partial charge in [0.25, 0.3) is 0 Å². The van der Waals surface area contributed by atoms with E-state index < -0.39 is 11.8 Å². The summed E-state index contributed by atoms with van der Waals surface area (Å²) in [5.41, 5.74) is 1.03. The fourth-order valence-corrected chi connectivity index (χ4v) is 3.75. The lowest BCUT2D eigenvalue weighted by atomic mass is 9.97. The molecule has 2 rings (SSSR count). The monoisotopic (exact) mass is 425 g/mol. The highest BCUT2D eigenvalue weighted by Crippen LogP contribution is 2.28. The summed E-state index contributed by atoms with van der Waals surface area (Å²) in [6, 6.07) is 11.2. The molecule has 0 aliphatic heterocycles. The van der Waals surface area contributed by atoms with Crippen LogP contribution in [0, 0.1) is 0 Å². The number of aromatic hydroxyl groups is 1. The molecule has 0 atom stereocenters. The van der Waals surface area contributed by atoms with Gasteiger partial charge < -0.3 is 15.1 Å². The predicted octanol–water partition coefficient (Wildman–Crippen LogP) is 6.29. The van der Waals surface area contributed by atoms with Crippen molar-refractivity contribution in [3.05, 3.63) is 59.2 Å². The number of carbonyl (C=O) groups is 2. The molecular formula is C26H35NO4. The van der Waals surface area contributed by atoms with E-state index in [0.717, 1.165) is 31.6 Å². The smallest absolute Gasteiger partial charge is 0.336 e. The van der Waals surface area contributed by atoms with E-state index in [1.165, 1.54) is 50.7 Å². The summed E-state index contributed by atoms with van der Waals surface area (Å²) in [5.74, 6) is -1.76. The second-order valence-electron chi connectivity index (χ2n) is 7.99. The van der Waals surface area contributed by atoms with Crippen LogP contribution in [0.15, 0.2) is 42.5 Å². The predicted molar refractivity (Wildman–Crippen MR) is 125 cm³/mol. The van der Waals surface area contributed by atoms with Crippen LogP contribution in [0.25, 0.3) is 0 Å². The largest absolute Gasteiger partial charge is 0.507 e. The fourth-order valence-electron chi connectivity index (χ4n) is 3.75. The van der Waals surface area contributed by atoms with Crippen molar-refractivity contribution in [2.45, 2.75) is 65.2 Å². The van der Waals surface area contributed by atoms with E-state index >= 15 is 0 Å². The molecule has 5 nitrogen and oxygen atoms in total. The third-order valence-electron chi connectivity index (χ3n) is 5.56. The zero-order chi connectivity index (χ0) is 22.6. The molecule has 0 saturated heterocycles. The van der Waals surface area contributed by atoms with Gasteiger partial charge in [-0.3, -0.25) is 4.79 Å². The van der Waals surface area contributed by atoms with Gasteiger partial charge >= 0.3 is 5.97 Å². The van der Waals surface area contributed by atoms with Crippen molar-refractivity contribution in [2.24, 2.45) is 0 Å². The molecule has 0 aliphatic rings. The number of hydrogen-bond acceptors (Lipinski definition) is 4. The van der Waals surface area contributed by atoms with Gasteiger partial charge in [-0.25, -0.2) is 4.79 Å². The summed E-state index contributed by atoms with van der Waals surface area (Å²) >= 11 is 0. The van der Waals surface area contributed by atoms with E-state index in [4.69, 9.17) is 0 Å². The highest BCUT2D eigenvalue weighted by atomic mass is 16.4. The van der Waals surface area contributed by atoms with Gasteiger partial charge in [-0.2, -0.15) is 0 Å². The first-order chi connectivity index (χ1) is 15.0. The first-order valence-electron chi connectivity index (χ1n) is 11.4. The van der Waals surface area contributed by atoms with Gasteiger partial charge in [0.05, 0.1) is 11.1 Å². The number of nitrogens with zero attached hydrogens (tertiary/aromatic N) is 1. The second-order valence-corrected chi connectivity index (χ2v) is 7.99. The fraction of sp³-hybridized carbons (Fsp3) is 0.462. The SMILES string of the molecule is CCCCCCN(CCCCCC)c1ccc(C(=O)c2ccccc2C(=O)O)c(O)c1. The first kappa shape index (κ1) is 24.4. The van der Waals surface area contributed by atoms with Crippen LogP contribution in [0.2, 0.25) is 0 Å². The van der Waals surface area contributed by atoms with Crippen molar-refractivity contribution < 1.29 is 19.8 Å². The number of phenols is 1. The zero-order valence-electron chi connectivity index (χ0n) is 18.8. The maximum absolute atomic E-state index is 12.9. The lowest BCUT2D eigenvalue weighted by Crippen LogP contribution is -2.25. The van der Waals surface area contributed by atoms with Crippen LogP contribution in [0.5, 0.6) is 5.75 Å². The molecule has 0 saturated carbocycles. The van der Waals surface area contributed by atoms with Crippen molar-refractivity contribution in [2.75, 3.05) is 18.0 Å². The van der Waals surface area contributed by atoms with Crippen LogP contribution in [-0.2, 0) is 0 Å². The number of ketones is 1. The number of aromatic carboxylic acids is 1. The second kappa shape index (κ2) is 12.8. The van der Waals surface area contributed by atoms with Crippen molar-refractivity contribution in [1.82, 2.24) is 0 Å². The number of carbonyl (C=O) groups excluding carboxylic acids is 1. The van der Waals surface area contributed by atoms with E-state index in [2.05, 4.69) is 18.7 Å². The third-order valence-corrected chi connectivity index (χ3v) is 5.56. The number of anilines is 1. The first-order valence-corrected chi connectivity index (χ1v) is 11.4. The molecule has 0 radical (unpaired) electrons. The molecule has 2 aromatic rings. The number of benzene rings is 2. The number of carboxylic acid groups (broad SMARTS) is 1. The Bertz CT molecular complexity index is 850. The van der Waals surface area contributed by atoms with Crippen LogP contribution < -0.4 is 4.90 Å². The minimum absolute atomic E-state index is 0.0653. The van der Waals surface area contributed by atoms with E-state index in [-0.39, 0.29) is 22.4 Å². The highest BCUT2D eigenvalue weighted by molar-refractivity contribution is 6.15. The number of unbranched alkanes of at least 4 members (excludes halogenated alkanes) is 6. The molecule has 0 bridgehead atoms. The molecule has 0 unspecified atom stereocenters.